The Bertz CT molecular complexity index is 920. The van der Waals surface area contributed by atoms with Crippen LogP contribution in [-0.4, -0.2) is 25.9 Å². The maximum Gasteiger partial charge on any atom is 0.297 e. The minimum absolute atomic E-state index is 0.0734. The predicted molar refractivity (Wildman–Crippen MR) is 80.7 cm³/mol. The quantitative estimate of drug-likeness (QED) is 0.374. The molecule has 0 aromatic heterocycles. The second-order valence-corrected chi connectivity index (χ2v) is 7.68. The largest absolute Gasteiger partial charge is 0.396 e. The molecule has 0 fully saturated rings. The highest BCUT2D eigenvalue weighted by Gasteiger charge is 2.29. The molecule has 0 aliphatic rings. The van der Waals surface area contributed by atoms with Gasteiger partial charge < -0.3 is 5.73 Å². The van der Waals surface area contributed by atoms with Crippen molar-refractivity contribution in [2.45, 2.75) is 9.79 Å². The first kappa shape index (κ1) is 15.4. The Morgan fingerprint density at radius 1 is 0.900 bits per heavy atom. The minimum Gasteiger partial charge on any atom is -0.396 e. The van der Waals surface area contributed by atoms with Crippen molar-refractivity contribution in [2.24, 2.45) is 0 Å². The first-order chi connectivity index (χ1) is 9.05. The average Bonchev–Trinajstić information content (AvgIpc) is 2.25. The standard InChI is InChI=1S/C10H8INO6S2/c11-7-5-3-1-2-4-6(5)9(19(13,14)15)8(12)10(7)20(16,17)18/h1-4H,12H2,(H,13,14,15)(H,16,17,18). The van der Waals surface area contributed by atoms with Gasteiger partial charge in [-0.3, -0.25) is 9.11 Å². The third-order valence-electron chi connectivity index (χ3n) is 2.61. The van der Waals surface area contributed by atoms with Gasteiger partial charge in [0.15, 0.2) is 0 Å². The van der Waals surface area contributed by atoms with Crippen molar-refractivity contribution in [3.63, 3.8) is 0 Å². The second-order valence-electron chi connectivity index (χ2n) is 3.88. The molecule has 20 heavy (non-hydrogen) atoms. The lowest BCUT2D eigenvalue weighted by Gasteiger charge is -2.13. The van der Waals surface area contributed by atoms with E-state index < -0.39 is 35.7 Å². The van der Waals surface area contributed by atoms with E-state index in [1.165, 1.54) is 18.2 Å². The van der Waals surface area contributed by atoms with E-state index in [4.69, 9.17) is 5.73 Å². The summed E-state index contributed by atoms with van der Waals surface area (Å²) in [6.45, 7) is 0. The molecule has 0 atom stereocenters. The monoisotopic (exact) mass is 429 g/mol. The van der Waals surface area contributed by atoms with Crippen molar-refractivity contribution in [1.82, 2.24) is 0 Å². The van der Waals surface area contributed by atoms with Gasteiger partial charge in [-0.2, -0.15) is 16.8 Å². The van der Waals surface area contributed by atoms with Crippen molar-refractivity contribution >= 4 is 59.3 Å². The molecule has 7 nitrogen and oxygen atoms in total. The Hall–Kier alpha value is -0.950. The smallest absolute Gasteiger partial charge is 0.297 e. The van der Waals surface area contributed by atoms with Crippen LogP contribution in [0.1, 0.15) is 0 Å². The lowest BCUT2D eigenvalue weighted by Crippen LogP contribution is -2.12. The van der Waals surface area contributed by atoms with Crippen molar-refractivity contribution in [3.05, 3.63) is 27.8 Å². The maximum atomic E-state index is 11.5. The summed E-state index contributed by atoms with van der Waals surface area (Å²) in [6, 6.07) is 5.91. The molecule has 2 aromatic rings. The van der Waals surface area contributed by atoms with Gasteiger partial charge >= 0.3 is 0 Å². The summed E-state index contributed by atoms with van der Waals surface area (Å²) in [6.07, 6.45) is 0. The summed E-state index contributed by atoms with van der Waals surface area (Å²) < 4.78 is 64.2. The zero-order valence-electron chi connectivity index (χ0n) is 9.61. The van der Waals surface area contributed by atoms with Crippen molar-refractivity contribution in [2.75, 3.05) is 5.73 Å². The summed E-state index contributed by atoms with van der Waals surface area (Å²) in [5.41, 5.74) is 4.83. The first-order valence-corrected chi connectivity index (χ1v) is 8.95. The van der Waals surface area contributed by atoms with Crippen LogP contribution in [0.4, 0.5) is 5.69 Å². The zero-order chi connectivity index (χ0) is 15.3. The lowest BCUT2D eigenvalue weighted by atomic mass is 10.1. The van der Waals surface area contributed by atoms with Crippen LogP contribution in [0.15, 0.2) is 34.1 Å². The number of halogens is 1. The number of nitrogens with two attached hydrogens (primary N) is 1. The molecular formula is C10H8INO6S2. The van der Waals surface area contributed by atoms with Gasteiger partial charge in [-0.25, -0.2) is 0 Å². The number of nitrogen functional groups attached to an aromatic ring is 1. The Morgan fingerprint density at radius 3 is 1.80 bits per heavy atom. The van der Waals surface area contributed by atoms with Crippen LogP contribution in [0.3, 0.4) is 0 Å². The van der Waals surface area contributed by atoms with E-state index in [0.717, 1.165) is 0 Å². The maximum absolute atomic E-state index is 11.5. The molecule has 0 bridgehead atoms. The average molecular weight is 429 g/mol. The third kappa shape index (κ3) is 2.48. The topological polar surface area (TPSA) is 135 Å². The highest BCUT2D eigenvalue weighted by atomic mass is 127. The number of anilines is 1. The van der Waals surface area contributed by atoms with Crippen LogP contribution >= 0.6 is 22.6 Å². The molecule has 4 N–H and O–H groups in total. The molecular weight excluding hydrogens is 421 g/mol. The molecule has 10 heteroatoms. The van der Waals surface area contributed by atoms with Gasteiger partial charge in [-0.1, -0.05) is 24.3 Å². The Labute approximate surface area is 128 Å². The Kier molecular flexibility index (Phi) is 3.71. The van der Waals surface area contributed by atoms with Crippen LogP contribution in [0, 0.1) is 3.57 Å². The number of hydrogen-bond donors (Lipinski definition) is 3. The van der Waals surface area contributed by atoms with Crippen molar-refractivity contribution in [1.29, 1.82) is 0 Å². The van der Waals surface area contributed by atoms with Gasteiger partial charge in [0.05, 0.1) is 5.69 Å². The molecule has 0 spiro atoms. The van der Waals surface area contributed by atoms with E-state index in [1.54, 1.807) is 28.7 Å². The summed E-state index contributed by atoms with van der Waals surface area (Å²) in [7, 11) is -9.51. The summed E-state index contributed by atoms with van der Waals surface area (Å²) in [4.78, 5) is -1.47. The highest BCUT2D eigenvalue weighted by molar-refractivity contribution is 14.1. The molecule has 0 heterocycles. The predicted octanol–water partition coefficient (Wildman–Crippen LogP) is 1.52. The molecule has 0 radical (unpaired) electrons. The molecule has 0 aliphatic carbocycles. The molecule has 0 saturated heterocycles. The van der Waals surface area contributed by atoms with Gasteiger partial charge in [-0.05, 0) is 28.0 Å². The van der Waals surface area contributed by atoms with E-state index in [1.807, 2.05) is 0 Å². The molecule has 2 aromatic carbocycles. The SMILES string of the molecule is Nc1c(S(=O)(=O)O)c(I)c2ccccc2c1S(=O)(=O)O. The number of hydrogen-bond acceptors (Lipinski definition) is 5. The van der Waals surface area contributed by atoms with Gasteiger partial charge in [0.1, 0.15) is 9.79 Å². The van der Waals surface area contributed by atoms with Crippen LogP contribution in [0.5, 0.6) is 0 Å². The number of fused-ring (bicyclic) bond motifs is 1. The summed E-state index contributed by atoms with van der Waals surface area (Å²) in [5, 5.41) is 0.312. The third-order valence-corrected chi connectivity index (χ3v) is 5.99. The number of benzene rings is 2. The summed E-state index contributed by atoms with van der Waals surface area (Å²) >= 11 is 1.64. The fourth-order valence-electron chi connectivity index (χ4n) is 1.89. The van der Waals surface area contributed by atoms with Gasteiger partial charge in [0.25, 0.3) is 20.2 Å². The van der Waals surface area contributed by atoms with E-state index in [2.05, 4.69) is 0 Å². The lowest BCUT2D eigenvalue weighted by molar-refractivity contribution is 0.482. The normalized spacial score (nSPS) is 12.8. The van der Waals surface area contributed by atoms with Crippen molar-refractivity contribution in [3.8, 4) is 0 Å². The van der Waals surface area contributed by atoms with Crippen molar-refractivity contribution < 1.29 is 25.9 Å². The van der Waals surface area contributed by atoms with E-state index in [0.29, 0.717) is 0 Å². The number of rotatable bonds is 2. The summed E-state index contributed by atoms with van der Waals surface area (Å²) in [5.74, 6) is 0. The van der Waals surface area contributed by atoms with Crippen LogP contribution in [0.25, 0.3) is 10.8 Å². The Morgan fingerprint density at radius 2 is 1.35 bits per heavy atom. The molecule has 0 aliphatic heterocycles. The minimum atomic E-state index is -4.76. The Balaban J connectivity index is 3.23. The van der Waals surface area contributed by atoms with Gasteiger partial charge in [0, 0.05) is 8.96 Å². The molecule has 0 saturated carbocycles. The zero-order valence-corrected chi connectivity index (χ0v) is 13.4. The van der Waals surface area contributed by atoms with Crippen LogP contribution < -0.4 is 5.73 Å². The van der Waals surface area contributed by atoms with Gasteiger partial charge in [-0.15, -0.1) is 0 Å². The van der Waals surface area contributed by atoms with Gasteiger partial charge in [0.2, 0.25) is 0 Å². The second kappa shape index (κ2) is 4.80. The molecule has 0 amide bonds. The van der Waals surface area contributed by atoms with E-state index >= 15 is 0 Å². The highest BCUT2D eigenvalue weighted by Crippen LogP contribution is 2.38. The molecule has 2 rings (SSSR count). The van der Waals surface area contributed by atoms with Crippen LogP contribution in [0.2, 0.25) is 0 Å². The fraction of sp³-hybridized carbons (Fsp3) is 0. The van der Waals surface area contributed by atoms with E-state index in [9.17, 15) is 25.9 Å². The van der Waals surface area contributed by atoms with Crippen LogP contribution in [-0.2, 0) is 20.2 Å². The first-order valence-electron chi connectivity index (χ1n) is 5.00. The fourth-order valence-corrected chi connectivity index (χ4v) is 5.10. The van der Waals surface area contributed by atoms with E-state index in [-0.39, 0.29) is 14.3 Å². The molecule has 108 valence electrons. The molecule has 0 unspecified atom stereocenters.